The van der Waals surface area contributed by atoms with Crippen LogP contribution in [0.3, 0.4) is 0 Å². The summed E-state index contributed by atoms with van der Waals surface area (Å²) in [5, 5.41) is 13.3. The molecule has 31 heavy (non-hydrogen) atoms. The van der Waals surface area contributed by atoms with Gasteiger partial charge in [-0.05, 0) is 73.9 Å². The molecule has 3 heterocycles. The van der Waals surface area contributed by atoms with Crippen molar-refractivity contribution in [3.63, 3.8) is 0 Å². The van der Waals surface area contributed by atoms with Gasteiger partial charge in [0.05, 0.1) is 4.90 Å². The average Bonchev–Trinajstić information content (AvgIpc) is 3.57. The number of hydrogen-bond acceptors (Lipinski definition) is 6. The highest BCUT2D eigenvalue weighted by atomic mass is 32.2. The summed E-state index contributed by atoms with van der Waals surface area (Å²) in [5.41, 5.74) is 3.26. The molecule has 2 aliphatic carbocycles. The van der Waals surface area contributed by atoms with E-state index in [1.165, 1.54) is 17.5 Å². The molecule has 0 atom stereocenters. The van der Waals surface area contributed by atoms with E-state index in [9.17, 15) is 8.42 Å². The summed E-state index contributed by atoms with van der Waals surface area (Å²) < 4.78 is 30.0. The molecule has 6 rings (SSSR count). The SMILES string of the molecule is O=S(=O)(c1ccc2c(c1)CCCC2)N1CCN(c2ccc3nnc(C4CC4)n3n2)CC1. The first-order valence-electron chi connectivity index (χ1n) is 11.2. The van der Waals surface area contributed by atoms with Crippen LogP contribution in [0.25, 0.3) is 5.65 Å². The molecule has 1 aromatic carbocycles. The smallest absolute Gasteiger partial charge is 0.243 e. The van der Waals surface area contributed by atoms with Crippen LogP contribution < -0.4 is 4.90 Å². The Morgan fingerprint density at radius 1 is 0.871 bits per heavy atom. The van der Waals surface area contributed by atoms with E-state index in [1.807, 2.05) is 28.8 Å². The molecule has 9 heteroatoms. The molecule has 2 fully saturated rings. The quantitative estimate of drug-likeness (QED) is 0.622. The van der Waals surface area contributed by atoms with Crippen LogP contribution in [0.5, 0.6) is 0 Å². The molecular weight excluding hydrogens is 412 g/mol. The van der Waals surface area contributed by atoms with Gasteiger partial charge in [0, 0.05) is 32.1 Å². The second-order valence-electron chi connectivity index (χ2n) is 8.82. The fourth-order valence-electron chi connectivity index (χ4n) is 4.74. The third-order valence-corrected chi connectivity index (χ3v) is 8.63. The minimum Gasteiger partial charge on any atom is -0.353 e. The number of aryl methyl sites for hydroxylation is 2. The lowest BCUT2D eigenvalue weighted by Gasteiger charge is -2.34. The molecule has 0 N–H and O–H groups in total. The summed E-state index contributed by atoms with van der Waals surface area (Å²) in [7, 11) is -3.48. The highest BCUT2D eigenvalue weighted by Crippen LogP contribution is 2.38. The Hall–Kier alpha value is -2.52. The maximum atomic E-state index is 13.3. The molecule has 0 bridgehead atoms. The van der Waals surface area contributed by atoms with Crippen LogP contribution >= 0.6 is 0 Å². The molecule has 0 unspecified atom stereocenters. The molecule has 8 nitrogen and oxygen atoms in total. The highest BCUT2D eigenvalue weighted by Gasteiger charge is 2.31. The summed E-state index contributed by atoms with van der Waals surface area (Å²) >= 11 is 0. The van der Waals surface area contributed by atoms with Crippen molar-refractivity contribution in [2.24, 2.45) is 0 Å². The Morgan fingerprint density at radius 3 is 2.42 bits per heavy atom. The summed E-state index contributed by atoms with van der Waals surface area (Å²) in [4.78, 5) is 2.58. The Morgan fingerprint density at radius 2 is 1.65 bits per heavy atom. The fraction of sp³-hybridized carbons (Fsp3) is 0.500. The first kappa shape index (κ1) is 19.2. The predicted octanol–water partition coefficient (Wildman–Crippen LogP) is 2.39. The zero-order valence-corrected chi connectivity index (χ0v) is 18.3. The normalized spacial score (nSPS) is 20.2. The van der Waals surface area contributed by atoms with E-state index >= 15 is 0 Å². The second-order valence-corrected chi connectivity index (χ2v) is 10.8. The Labute approximate surface area is 181 Å². The van der Waals surface area contributed by atoms with Crippen LogP contribution in [-0.2, 0) is 22.9 Å². The second kappa shape index (κ2) is 7.27. The van der Waals surface area contributed by atoms with Crippen LogP contribution in [0.15, 0.2) is 35.2 Å². The van der Waals surface area contributed by atoms with E-state index in [0.29, 0.717) is 37.0 Å². The van der Waals surface area contributed by atoms with Crippen molar-refractivity contribution < 1.29 is 8.42 Å². The monoisotopic (exact) mass is 438 g/mol. The van der Waals surface area contributed by atoms with Gasteiger partial charge >= 0.3 is 0 Å². The standard InChI is InChI=1S/C22H26N6O2S/c29-31(30,19-8-7-16-3-1-2-4-18(16)15-19)27-13-11-26(12-14-27)21-10-9-20-23-24-22(17-5-6-17)28(20)25-21/h7-10,15,17H,1-6,11-14H2. The molecule has 2 aromatic heterocycles. The molecule has 0 spiro atoms. The third kappa shape index (κ3) is 3.40. The van der Waals surface area contributed by atoms with Gasteiger partial charge in [-0.1, -0.05) is 6.07 Å². The lowest BCUT2D eigenvalue weighted by molar-refractivity contribution is 0.383. The highest BCUT2D eigenvalue weighted by molar-refractivity contribution is 7.89. The van der Waals surface area contributed by atoms with E-state index in [4.69, 9.17) is 5.10 Å². The van der Waals surface area contributed by atoms with Gasteiger partial charge in [0.25, 0.3) is 0 Å². The Kier molecular flexibility index (Phi) is 4.50. The molecule has 1 saturated heterocycles. The maximum absolute atomic E-state index is 13.3. The van der Waals surface area contributed by atoms with E-state index < -0.39 is 10.0 Å². The number of fused-ring (bicyclic) bond motifs is 2. The van der Waals surface area contributed by atoms with Gasteiger partial charge in [-0.25, -0.2) is 8.42 Å². The van der Waals surface area contributed by atoms with Crippen LogP contribution in [0.2, 0.25) is 0 Å². The van der Waals surface area contributed by atoms with Gasteiger partial charge in [0.2, 0.25) is 10.0 Å². The lowest BCUT2D eigenvalue weighted by Crippen LogP contribution is -2.49. The summed E-state index contributed by atoms with van der Waals surface area (Å²) in [5.74, 6) is 2.25. The number of piperazine rings is 1. The maximum Gasteiger partial charge on any atom is 0.243 e. The molecular formula is C22H26N6O2S. The van der Waals surface area contributed by atoms with Crippen molar-refractivity contribution >= 4 is 21.5 Å². The minimum atomic E-state index is -3.48. The largest absolute Gasteiger partial charge is 0.353 e. The first-order valence-corrected chi connectivity index (χ1v) is 12.6. The fourth-order valence-corrected chi connectivity index (χ4v) is 6.21. The van der Waals surface area contributed by atoms with Gasteiger partial charge in [-0.2, -0.15) is 8.82 Å². The van der Waals surface area contributed by atoms with Crippen LogP contribution in [-0.4, -0.2) is 58.7 Å². The minimum absolute atomic E-state index is 0.430. The zero-order chi connectivity index (χ0) is 21.0. The van der Waals surface area contributed by atoms with Crippen molar-refractivity contribution in [2.45, 2.75) is 49.3 Å². The van der Waals surface area contributed by atoms with E-state index in [-0.39, 0.29) is 0 Å². The zero-order valence-electron chi connectivity index (χ0n) is 17.4. The molecule has 1 aliphatic heterocycles. The van der Waals surface area contributed by atoms with Gasteiger partial charge in [0.1, 0.15) is 5.82 Å². The molecule has 3 aromatic rings. The molecule has 0 amide bonds. The van der Waals surface area contributed by atoms with Crippen molar-refractivity contribution in [1.82, 2.24) is 24.1 Å². The average molecular weight is 439 g/mol. The van der Waals surface area contributed by atoms with Crippen molar-refractivity contribution in [2.75, 3.05) is 31.1 Å². The van der Waals surface area contributed by atoms with Gasteiger partial charge in [-0.15, -0.1) is 15.3 Å². The molecule has 3 aliphatic rings. The van der Waals surface area contributed by atoms with Crippen molar-refractivity contribution in [3.05, 3.63) is 47.3 Å². The van der Waals surface area contributed by atoms with E-state index in [1.54, 1.807) is 10.4 Å². The number of nitrogens with zero attached hydrogens (tertiary/aromatic N) is 6. The third-order valence-electron chi connectivity index (χ3n) is 6.74. The molecule has 162 valence electrons. The van der Waals surface area contributed by atoms with E-state index in [2.05, 4.69) is 15.1 Å². The number of benzene rings is 1. The number of aromatic nitrogens is 4. The first-order chi connectivity index (χ1) is 15.1. The van der Waals surface area contributed by atoms with E-state index in [0.717, 1.165) is 49.4 Å². The molecule has 0 radical (unpaired) electrons. The van der Waals surface area contributed by atoms with Gasteiger partial charge in [0.15, 0.2) is 11.5 Å². The van der Waals surface area contributed by atoms with Gasteiger partial charge < -0.3 is 4.90 Å². The van der Waals surface area contributed by atoms with Crippen LogP contribution in [0, 0.1) is 0 Å². The predicted molar refractivity (Wildman–Crippen MR) is 117 cm³/mol. The van der Waals surface area contributed by atoms with Crippen molar-refractivity contribution in [1.29, 1.82) is 0 Å². The number of anilines is 1. The number of rotatable bonds is 4. The summed E-state index contributed by atoms with van der Waals surface area (Å²) in [6.07, 6.45) is 6.66. The van der Waals surface area contributed by atoms with Gasteiger partial charge in [-0.3, -0.25) is 0 Å². The number of hydrogen-bond donors (Lipinski definition) is 0. The van der Waals surface area contributed by atoms with Crippen LogP contribution in [0.4, 0.5) is 5.82 Å². The molecule has 1 saturated carbocycles. The lowest BCUT2D eigenvalue weighted by atomic mass is 9.92. The summed E-state index contributed by atoms with van der Waals surface area (Å²) in [6.45, 7) is 2.14. The Balaban J connectivity index is 1.20. The Bertz CT molecular complexity index is 1240. The van der Waals surface area contributed by atoms with Crippen molar-refractivity contribution in [3.8, 4) is 0 Å². The summed E-state index contributed by atoms with van der Waals surface area (Å²) in [6, 6.07) is 9.59. The van der Waals surface area contributed by atoms with Crippen LogP contribution in [0.1, 0.15) is 48.6 Å². The number of sulfonamides is 1. The topological polar surface area (TPSA) is 83.7 Å².